The number of rotatable bonds is 4. The van der Waals surface area contributed by atoms with E-state index in [2.05, 4.69) is 49.1 Å². The first-order valence-corrected chi connectivity index (χ1v) is 11.7. The SMILES string of the molecule is C/C=C/CCC1CCC(C2CCc3cc(C#Cc4ccc(F)cc4)ccc3C2)CC1. The molecule has 0 N–H and O–H groups in total. The molecule has 0 spiro atoms. The van der Waals surface area contributed by atoms with Gasteiger partial charge in [-0.15, -0.1) is 0 Å². The molecule has 0 aromatic heterocycles. The van der Waals surface area contributed by atoms with Crippen molar-refractivity contribution in [1.29, 1.82) is 0 Å². The highest BCUT2D eigenvalue weighted by Crippen LogP contribution is 2.40. The minimum absolute atomic E-state index is 0.217. The summed E-state index contributed by atoms with van der Waals surface area (Å²) in [5.74, 6) is 8.94. The Balaban J connectivity index is 1.33. The van der Waals surface area contributed by atoms with E-state index >= 15 is 0 Å². The molecule has 2 aromatic carbocycles. The molecule has 156 valence electrons. The highest BCUT2D eigenvalue weighted by molar-refractivity contribution is 5.46. The van der Waals surface area contributed by atoms with Crippen LogP contribution >= 0.6 is 0 Å². The van der Waals surface area contributed by atoms with Gasteiger partial charge in [-0.2, -0.15) is 0 Å². The van der Waals surface area contributed by atoms with Gasteiger partial charge in [-0.1, -0.05) is 42.9 Å². The Morgan fingerprint density at radius 2 is 1.60 bits per heavy atom. The van der Waals surface area contributed by atoms with Gasteiger partial charge in [0.1, 0.15) is 5.82 Å². The van der Waals surface area contributed by atoms with Crippen LogP contribution in [0.15, 0.2) is 54.6 Å². The first kappa shape index (κ1) is 20.9. The van der Waals surface area contributed by atoms with Crippen molar-refractivity contribution in [3.63, 3.8) is 0 Å². The highest BCUT2D eigenvalue weighted by atomic mass is 19.1. The number of aryl methyl sites for hydroxylation is 1. The maximum Gasteiger partial charge on any atom is 0.123 e. The third kappa shape index (κ3) is 5.42. The quantitative estimate of drug-likeness (QED) is 0.368. The summed E-state index contributed by atoms with van der Waals surface area (Å²) in [6.45, 7) is 2.12. The van der Waals surface area contributed by atoms with Crippen LogP contribution in [0.5, 0.6) is 0 Å². The van der Waals surface area contributed by atoms with Crippen LogP contribution < -0.4 is 0 Å². The van der Waals surface area contributed by atoms with Crippen molar-refractivity contribution in [3.05, 3.63) is 82.7 Å². The average molecular weight is 401 g/mol. The minimum Gasteiger partial charge on any atom is -0.207 e. The van der Waals surface area contributed by atoms with E-state index in [4.69, 9.17) is 0 Å². The Bertz CT molecular complexity index is 917. The molecule has 2 aliphatic carbocycles. The monoisotopic (exact) mass is 400 g/mol. The molecule has 0 nitrogen and oxygen atoms in total. The van der Waals surface area contributed by atoms with E-state index in [-0.39, 0.29) is 5.82 Å². The lowest BCUT2D eigenvalue weighted by atomic mass is 9.69. The topological polar surface area (TPSA) is 0 Å². The van der Waals surface area contributed by atoms with E-state index < -0.39 is 0 Å². The largest absolute Gasteiger partial charge is 0.207 e. The second-order valence-corrected chi connectivity index (χ2v) is 9.17. The third-order valence-electron chi connectivity index (χ3n) is 7.20. The molecule has 4 rings (SSSR count). The van der Waals surface area contributed by atoms with Gasteiger partial charge in [0.25, 0.3) is 0 Å². The molecule has 0 saturated heterocycles. The van der Waals surface area contributed by atoms with Crippen molar-refractivity contribution in [2.24, 2.45) is 17.8 Å². The maximum absolute atomic E-state index is 13.0. The molecule has 1 fully saturated rings. The van der Waals surface area contributed by atoms with Crippen LogP contribution in [0, 0.1) is 35.4 Å². The van der Waals surface area contributed by atoms with E-state index in [0.29, 0.717) is 0 Å². The third-order valence-corrected chi connectivity index (χ3v) is 7.20. The zero-order chi connectivity index (χ0) is 20.8. The lowest BCUT2D eigenvalue weighted by Crippen LogP contribution is -2.26. The Labute approximate surface area is 181 Å². The minimum atomic E-state index is -0.217. The molecule has 1 unspecified atom stereocenters. The van der Waals surface area contributed by atoms with E-state index in [1.54, 1.807) is 12.1 Å². The number of halogens is 1. The first-order chi connectivity index (χ1) is 14.7. The second-order valence-electron chi connectivity index (χ2n) is 9.17. The molecular weight excluding hydrogens is 367 g/mol. The predicted octanol–water partition coefficient (Wildman–Crippen LogP) is 7.49. The Morgan fingerprint density at radius 1 is 0.867 bits per heavy atom. The van der Waals surface area contributed by atoms with Crippen molar-refractivity contribution >= 4 is 0 Å². The molecule has 0 heterocycles. The molecule has 0 radical (unpaired) electrons. The molecule has 30 heavy (non-hydrogen) atoms. The zero-order valence-corrected chi connectivity index (χ0v) is 18.2. The number of fused-ring (bicyclic) bond motifs is 1. The van der Waals surface area contributed by atoms with Gasteiger partial charge >= 0.3 is 0 Å². The van der Waals surface area contributed by atoms with E-state index in [1.165, 1.54) is 81.0 Å². The standard InChI is InChI=1S/C29H33F/c1-2-3-4-5-22-8-13-25(14-9-22)27-17-16-26-20-24(10-15-28(26)21-27)7-6-23-11-18-29(30)19-12-23/h2-3,10-12,15,18-20,22,25,27H,4-5,8-9,13-14,16-17,21H2,1H3/b3-2+. The molecule has 0 aliphatic heterocycles. The van der Waals surface area contributed by atoms with Crippen molar-refractivity contribution in [2.45, 2.75) is 64.7 Å². The Kier molecular flexibility index (Phi) is 7.06. The first-order valence-electron chi connectivity index (χ1n) is 11.7. The van der Waals surface area contributed by atoms with E-state index in [9.17, 15) is 4.39 Å². The number of benzene rings is 2. The van der Waals surface area contributed by atoms with Crippen molar-refractivity contribution in [3.8, 4) is 11.8 Å². The highest BCUT2D eigenvalue weighted by Gasteiger charge is 2.29. The Hall–Kier alpha value is -2.33. The molecule has 1 heteroatoms. The normalized spacial score (nSPS) is 23.6. The molecule has 0 amide bonds. The van der Waals surface area contributed by atoms with Crippen LogP contribution in [-0.2, 0) is 12.8 Å². The van der Waals surface area contributed by atoms with Crippen LogP contribution in [0.2, 0.25) is 0 Å². The molecule has 2 aliphatic rings. The average Bonchev–Trinajstić information content (AvgIpc) is 2.79. The maximum atomic E-state index is 13.0. The molecule has 0 bridgehead atoms. The summed E-state index contributed by atoms with van der Waals surface area (Å²) in [5, 5.41) is 0. The number of hydrogen-bond acceptors (Lipinski definition) is 0. The van der Waals surface area contributed by atoms with Gasteiger partial charge in [-0.3, -0.25) is 0 Å². The smallest absolute Gasteiger partial charge is 0.123 e. The lowest BCUT2D eigenvalue weighted by molar-refractivity contribution is 0.185. The summed E-state index contributed by atoms with van der Waals surface area (Å²) in [4.78, 5) is 0. The van der Waals surface area contributed by atoms with E-state index in [0.717, 1.165) is 28.9 Å². The fraction of sp³-hybridized carbons (Fsp3) is 0.448. The van der Waals surface area contributed by atoms with Crippen LogP contribution in [-0.4, -0.2) is 0 Å². The Morgan fingerprint density at radius 3 is 2.37 bits per heavy atom. The predicted molar refractivity (Wildman–Crippen MR) is 124 cm³/mol. The molecular formula is C29H33F. The van der Waals surface area contributed by atoms with Crippen molar-refractivity contribution in [2.75, 3.05) is 0 Å². The fourth-order valence-corrected chi connectivity index (χ4v) is 5.39. The van der Waals surface area contributed by atoms with Gasteiger partial charge in [0.05, 0.1) is 0 Å². The van der Waals surface area contributed by atoms with Gasteiger partial charge in [-0.05, 0) is 117 Å². The number of allylic oxidation sites excluding steroid dienone is 2. The lowest BCUT2D eigenvalue weighted by Gasteiger charge is -2.36. The van der Waals surface area contributed by atoms with Crippen LogP contribution in [0.25, 0.3) is 0 Å². The van der Waals surface area contributed by atoms with Crippen LogP contribution in [0.1, 0.15) is 74.1 Å². The van der Waals surface area contributed by atoms with E-state index in [1.807, 2.05) is 0 Å². The van der Waals surface area contributed by atoms with Crippen molar-refractivity contribution < 1.29 is 4.39 Å². The van der Waals surface area contributed by atoms with Gasteiger partial charge in [0.15, 0.2) is 0 Å². The van der Waals surface area contributed by atoms with Gasteiger partial charge < -0.3 is 0 Å². The van der Waals surface area contributed by atoms with Gasteiger partial charge in [0.2, 0.25) is 0 Å². The molecule has 1 saturated carbocycles. The van der Waals surface area contributed by atoms with Gasteiger partial charge in [-0.25, -0.2) is 4.39 Å². The second kappa shape index (κ2) is 10.1. The van der Waals surface area contributed by atoms with Crippen molar-refractivity contribution in [1.82, 2.24) is 0 Å². The summed E-state index contributed by atoms with van der Waals surface area (Å²) in [5.41, 5.74) is 4.94. The summed E-state index contributed by atoms with van der Waals surface area (Å²) < 4.78 is 13.0. The summed E-state index contributed by atoms with van der Waals surface area (Å²) in [6.07, 6.45) is 16.6. The fourth-order valence-electron chi connectivity index (χ4n) is 5.39. The molecule has 2 aromatic rings. The van der Waals surface area contributed by atoms with Crippen LogP contribution in [0.4, 0.5) is 4.39 Å². The zero-order valence-electron chi connectivity index (χ0n) is 18.2. The number of hydrogen-bond donors (Lipinski definition) is 0. The summed E-state index contributed by atoms with van der Waals surface area (Å²) in [7, 11) is 0. The van der Waals surface area contributed by atoms with Crippen LogP contribution in [0.3, 0.4) is 0 Å². The van der Waals surface area contributed by atoms with Gasteiger partial charge in [0, 0.05) is 11.1 Å². The molecule has 1 atom stereocenters. The summed E-state index contributed by atoms with van der Waals surface area (Å²) >= 11 is 0. The summed E-state index contributed by atoms with van der Waals surface area (Å²) in [6, 6.07) is 13.1.